The molecule has 0 spiro atoms. The molecule has 0 atom stereocenters. The summed E-state index contributed by atoms with van der Waals surface area (Å²) in [5, 5.41) is 1.17. The minimum Gasteiger partial charge on any atom is -0.484 e. The summed E-state index contributed by atoms with van der Waals surface area (Å²) in [5.41, 5.74) is 2.97. The van der Waals surface area contributed by atoms with E-state index in [0.717, 1.165) is 24.0 Å². The average molecular weight is 545 g/mol. The van der Waals surface area contributed by atoms with Crippen LogP contribution in [0.4, 0.5) is 26.3 Å². The van der Waals surface area contributed by atoms with E-state index in [1.807, 2.05) is 19.1 Å². The molecule has 0 aromatic heterocycles. The second-order valence-electron chi connectivity index (χ2n) is 9.78. The van der Waals surface area contributed by atoms with Gasteiger partial charge < -0.3 is 4.74 Å². The minimum absolute atomic E-state index is 0.0665. The van der Waals surface area contributed by atoms with Crippen molar-refractivity contribution >= 4 is 10.8 Å². The van der Waals surface area contributed by atoms with Gasteiger partial charge in [0.2, 0.25) is 0 Å². The Labute approximate surface area is 224 Å². The third-order valence-electron chi connectivity index (χ3n) is 6.79. The molecule has 4 aromatic carbocycles. The number of hydrogen-bond donors (Lipinski definition) is 0. The summed E-state index contributed by atoms with van der Waals surface area (Å²) >= 11 is 0. The number of hydrogen-bond acceptors (Lipinski definition) is 1. The molecule has 0 amide bonds. The summed E-state index contributed by atoms with van der Waals surface area (Å²) in [7, 11) is 0. The lowest BCUT2D eigenvalue weighted by Crippen LogP contribution is -2.19. The topological polar surface area (TPSA) is 9.23 Å². The van der Waals surface area contributed by atoms with Crippen LogP contribution in [-0.4, -0.2) is 12.8 Å². The molecule has 0 aliphatic rings. The van der Waals surface area contributed by atoms with Crippen LogP contribution in [0.25, 0.3) is 10.8 Å². The summed E-state index contributed by atoms with van der Waals surface area (Å²) in [4.78, 5) is 0. The first-order valence-corrected chi connectivity index (χ1v) is 13.1. The van der Waals surface area contributed by atoms with Crippen LogP contribution in [0, 0.1) is 17.5 Å². The molecule has 0 fully saturated rings. The Bertz CT molecular complexity index is 1390. The van der Waals surface area contributed by atoms with Crippen LogP contribution in [0.1, 0.15) is 47.6 Å². The van der Waals surface area contributed by atoms with Crippen LogP contribution in [-0.2, 0) is 32.1 Å². The van der Waals surface area contributed by atoms with Crippen molar-refractivity contribution in [1.29, 1.82) is 0 Å². The lowest BCUT2D eigenvalue weighted by Gasteiger charge is -2.11. The predicted molar refractivity (Wildman–Crippen MR) is 142 cm³/mol. The third-order valence-corrected chi connectivity index (χ3v) is 6.79. The van der Waals surface area contributed by atoms with E-state index >= 15 is 4.39 Å². The molecule has 0 radical (unpaired) electrons. The first-order chi connectivity index (χ1) is 18.6. The summed E-state index contributed by atoms with van der Waals surface area (Å²) in [6.45, 7) is 0.680. The molecule has 0 saturated heterocycles. The van der Waals surface area contributed by atoms with Gasteiger partial charge >= 0.3 is 6.18 Å². The Balaban J connectivity index is 1.39. The molecule has 1 nitrogen and oxygen atoms in total. The number of unbranched alkanes of at least 4 members (excludes halogenated alkanes) is 1. The fourth-order valence-corrected chi connectivity index (χ4v) is 4.62. The van der Waals surface area contributed by atoms with Crippen molar-refractivity contribution < 1.29 is 31.1 Å². The van der Waals surface area contributed by atoms with Gasteiger partial charge in [-0.2, -0.15) is 13.2 Å². The van der Waals surface area contributed by atoms with Gasteiger partial charge in [-0.25, -0.2) is 13.2 Å². The lowest BCUT2D eigenvalue weighted by molar-refractivity contribution is -0.153. The van der Waals surface area contributed by atoms with E-state index in [4.69, 9.17) is 4.74 Å². The average Bonchev–Trinajstić information content (AvgIpc) is 2.90. The quantitative estimate of drug-likeness (QED) is 0.171. The van der Waals surface area contributed by atoms with Crippen LogP contribution in [0.5, 0.6) is 5.75 Å². The molecule has 7 heteroatoms. The van der Waals surface area contributed by atoms with Crippen molar-refractivity contribution in [2.45, 2.75) is 58.0 Å². The Morgan fingerprint density at radius 1 is 0.667 bits per heavy atom. The molecule has 0 saturated carbocycles. The van der Waals surface area contributed by atoms with Gasteiger partial charge in [0.1, 0.15) is 23.2 Å². The molecule has 0 N–H and O–H groups in total. The molecule has 0 heterocycles. The Morgan fingerprint density at radius 2 is 1.33 bits per heavy atom. The van der Waals surface area contributed by atoms with Gasteiger partial charge in [-0.05, 0) is 90.4 Å². The van der Waals surface area contributed by atoms with Crippen molar-refractivity contribution in [3.05, 3.63) is 112 Å². The highest BCUT2D eigenvalue weighted by molar-refractivity contribution is 5.84. The summed E-state index contributed by atoms with van der Waals surface area (Å²) in [6, 6.07) is 18.0. The predicted octanol–water partition coefficient (Wildman–Crippen LogP) is 9.11. The van der Waals surface area contributed by atoms with Crippen molar-refractivity contribution in [3.8, 4) is 5.75 Å². The van der Waals surface area contributed by atoms with Crippen LogP contribution in [0.2, 0.25) is 0 Å². The van der Waals surface area contributed by atoms with Gasteiger partial charge in [0.25, 0.3) is 0 Å². The van der Waals surface area contributed by atoms with Gasteiger partial charge in [-0.3, -0.25) is 0 Å². The van der Waals surface area contributed by atoms with Gasteiger partial charge in [-0.1, -0.05) is 55.8 Å². The Morgan fingerprint density at radius 3 is 2.00 bits per heavy atom. The molecule has 0 unspecified atom stereocenters. The third kappa shape index (κ3) is 7.78. The zero-order valence-electron chi connectivity index (χ0n) is 21.7. The van der Waals surface area contributed by atoms with E-state index in [1.165, 1.54) is 24.3 Å². The first kappa shape index (κ1) is 28.5. The number of rotatable bonds is 11. The van der Waals surface area contributed by atoms with E-state index in [-0.39, 0.29) is 23.6 Å². The normalized spacial score (nSPS) is 11.8. The fourth-order valence-electron chi connectivity index (χ4n) is 4.62. The van der Waals surface area contributed by atoms with Crippen LogP contribution < -0.4 is 4.74 Å². The molecule has 0 aliphatic heterocycles. The number of aryl methyl sites for hydroxylation is 4. The van der Waals surface area contributed by atoms with E-state index < -0.39 is 24.4 Å². The van der Waals surface area contributed by atoms with Gasteiger partial charge in [-0.15, -0.1) is 0 Å². The highest BCUT2D eigenvalue weighted by Gasteiger charge is 2.28. The molecule has 4 aromatic rings. The molecule has 39 heavy (non-hydrogen) atoms. The molecule has 206 valence electrons. The smallest absolute Gasteiger partial charge is 0.422 e. The van der Waals surface area contributed by atoms with Crippen molar-refractivity contribution in [2.75, 3.05) is 6.61 Å². The number of fused-ring (bicyclic) bond motifs is 1. The summed E-state index contributed by atoms with van der Waals surface area (Å²) in [5.74, 6) is -1.26. The lowest BCUT2D eigenvalue weighted by atomic mass is 9.96. The SMILES string of the molecule is CCCCc1cc(F)c(CCc2ccc3c(F)c(CCc4ccc(OCC(F)(F)F)cc4)ccc3c2)c(F)c1. The van der Waals surface area contributed by atoms with Crippen molar-refractivity contribution in [3.63, 3.8) is 0 Å². The highest BCUT2D eigenvalue weighted by atomic mass is 19.4. The van der Waals surface area contributed by atoms with Gasteiger partial charge in [0.15, 0.2) is 6.61 Å². The maximum absolute atomic E-state index is 15.2. The molecular weight excluding hydrogens is 514 g/mol. The van der Waals surface area contributed by atoms with Crippen LogP contribution >= 0.6 is 0 Å². The van der Waals surface area contributed by atoms with Crippen LogP contribution in [0.15, 0.2) is 66.7 Å². The van der Waals surface area contributed by atoms with Crippen LogP contribution in [0.3, 0.4) is 0 Å². The second-order valence-corrected chi connectivity index (χ2v) is 9.78. The van der Waals surface area contributed by atoms with E-state index in [0.29, 0.717) is 47.6 Å². The van der Waals surface area contributed by atoms with Crippen molar-refractivity contribution in [2.24, 2.45) is 0 Å². The maximum Gasteiger partial charge on any atom is 0.422 e. The van der Waals surface area contributed by atoms with E-state index in [9.17, 15) is 22.0 Å². The number of ether oxygens (including phenoxy) is 1. The summed E-state index contributed by atoms with van der Waals surface area (Å²) < 4.78 is 85.9. The number of alkyl halides is 3. The van der Waals surface area contributed by atoms with Crippen molar-refractivity contribution in [1.82, 2.24) is 0 Å². The number of benzene rings is 4. The summed E-state index contributed by atoms with van der Waals surface area (Å²) in [6.07, 6.45) is -0.367. The molecular formula is C32H30F6O. The minimum atomic E-state index is -4.40. The number of halogens is 6. The molecule has 0 aliphatic carbocycles. The fraction of sp³-hybridized carbons (Fsp3) is 0.312. The Kier molecular flexibility index (Phi) is 9.20. The standard InChI is InChI=1S/C32H30F6O/c1-2-3-4-23-18-29(33)28(30(34)19-23)16-9-22-8-15-27-25(17-22)12-11-24(31(27)35)10-5-21-6-13-26(14-7-21)39-20-32(36,37)38/h6-8,11-15,17-19H,2-5,9-10,16,20H2,1H3. The first-order valence-electron chi connectivity index (χ1n) is 13.1. The molecule has 0 bridgehead atoms. The van der Waals surface area contributed by atoms with E-state index in [1.54, 1.807) is 30.3 Å². The zero-order valence-corrected chi connectivity index (χ0v) is 21.7. The largest absolute Gasteiger partial charge is 0.484 e. The van der Waals surface area contributed by atoms with Gasteiger partial charge in [0, 0.05) is 10.9 Å². The van der Waals surface area contributed by atoms with E-state index in [2.05, 4.69) is 0 Å². The molecule has 4 rings (SSSR count). The van der Waals surface area contributed by atoms with Gasteiger partial charge in [0.05, 0.1) is 0 Å². The maximum atomic E-state index is 15.2. The zero-order chi connectivity index (χ0) is 28.0. The second kappa shape index (κ2) is 12.6. The highest BCUT2D eigenvalue weighted by Crippen LogP contribution is 2.26. The monoisotopic (exact) mass is 544 g/mol. The Hall–Kier alpha value is -3.48.